The van der Waals surface area contributed by atoms with E-state index in [9.17, 15) is 13.5 Å². The largest absolute Gasteiger partial charge is 0.395 e. The summed E-state index contributed by atoms with van der Waals surface area (Å²) in [6.07, 6.45) is 6.52. The lowest BCUT2D eigenvalue weighted by Gasteiger charge is -2.32. The van der Waals surface area contributed by atoms with E-state index in [4.69, 9.17) is 0 Å². The van der Waals surface area contributed by atoms with Gasteiger partial charge in [0.05, 0.1) is 6.61 Å². The highest BCUT2D eigenvalue weighted by atomic mass is 32.2. The van der Waals surface area contributed by atoms with Crippen molar-refractivity contribution in [2.24, 2.45) is 7.05 Å². The van der Waals surface area contributed by atoms with Gasteiger partial charge in [0, 0.05) is 25.8 Å². The molecule has 0 atom stereocenters. The molecule has 1 heterocycles. The second-order valence-corrected chi connectivity index (χ2v) is 7.21. The van der Waals surface area contributed by atoms with E-state index in [2.05, 4.69) is 4.98 Å². The third kappa shape index (κ3) is 3.05. The van der Waals surface area contributed by atoms with Gasteiger partial charge >= 0.3 is 0 Å². The molecule has 1 N–H and O–H groups in total. The Morgan fingerprint density at radius 2 is 2.05 bits per heavy atom. The molecule has 6 nitrogen and oxygen atoms in total. The summed E-state index contributed by atoms with van der Waals surface area (Å²) in [7, 11) is -1.85. The van der Waals surface area contributed by atoms with Crippen molar-refractivity contribution in [2.75, 3.05) is 13.2 Å². The highest BCUT2D eigenvalue weighted by Crippen LogP contribution is 2.27. The number of imidazole rings is 1. The highest BCUT2D eigenvalue weighted by Gasteiger charge is 2.33. The zero-order chi connectivity index (χ0) is 14.8. The van der Waals surface area contributed by atoms with Gasteiger partial charge in [0.2, 0.25) is 0 Å². The molecule has 0 saturated heterocycles. The first-order chi connectivity index (χ1) is 9.46. The van der Waals surface area contributed by atoms with E-state index < -0.39 is 10.0 Å². The number of aliphatic hydroxyl groups is 1. The van der Waals surface area contributed by atoms with Gasteiger partial charge in [-0.1, -0.05) is 19.3 Å². The van der Waals surface area contributed by atoms with E-state index >= 15 is 0 Å². The minimum absolute atomic E-state index is 0.0109. The van der Waals surface area contributed by atoms with Crippen molar-refractivity contribution >= 4 is 10.0 Å². The average molecular weight is 301 g/mol. The number of hydrogen-bond donors (Lipinski definition) is 1. The lowest BCUT2D eigenvalue weighted by atomic mass is 9.95. The number of nitrogens with zero attached hydrogens (tertiary/aromatic N) is 3. The van der Waals surface area contributed by atoms with Crippen molar-refractivity contribution < 1.29 is 13.5 Å². The van der Waals surface area contributed by atoms with Crippen molar-refractivity contribution in [3.8, 4) is 0 Å². The van der Waals surface area contributed by atoms with Crippen molar-refractivity contribution in [3.05, 3.63) is 12.0 Å². The molecule has 1 saturated carbocycles. The molecule has 1 aromatic heterocycles. The average Bonchev–Trinajstić information content (AvgIpc) is 2.77. The maximum Gasteiger partial charge on any atom is 0.262 e. The Balaban J connectivity index is 2.31. The third-order valence-electron chi connectivity index (χ3n) is 3.96. The number of hydrogen-bond acceptors (Lipinski definition) is 4. The first-order valence-corrected chi connectivity index (χ1v) is 8.53. The summed E-state index contributed by atoms with van der Waals surface area (Å²) >= 11 is 0. The summed E-state index contributed by atoms with van der Waals surface area (Å²) in [4.78, 5) is 4.13. The lowest BCUT2D eigenvalue weighted by Crippen LogP contribution is -2.43. The van der Waals surface area contributed by atoms with Crippen LogP contribution in [0, 0.1) is 6.92 Å². The predicted octanol–water partition coefficient (Wildman–Crippen LogP) is 1.04. The second kappa shape index (κ2) is 6.24. The first kappa shape index (κ1) is 15.5. The molecular weight excluding hydrogens is 278 g/mol. The van der Waals surface area contributed by atoms with E-state index in [0.29, 0.717) is 5.82 Å². The Morgan fingerprint density at radius 3 is 2.55 bits per heavy atom. The third-order valence-corrected chi connectivity index (χ3v) is 5.79. The van der Waals surface area contributed by atoms with Crippen LogP contribution in [-0.4, -0.2) is 46.6 Å². The van der Waals surface area contributed by atoms with E-state index in [-0.39, 0.29) is 24.2 Å². The van der Waals surface area contributed by atoms with Gasteiger partial charge in [-0.3, -0.25) is 0 Å². The van der Waals surface area contributed by atoms with Gasteiger partial charge in [-0.15, -0.1) is 0 Å². The minimum Gasteiger partial charge on any atom is -0.395 e. The summed E-state index contributed by atoms with van der Waals surface area (Å²) in [6.45, 7) is 1.75. The van der Waals surface area contributed by atoms with Crippen LogP contribution in [0.5, 0.6) is 0 Å². The van der Waals surface area contributed by atoms with Gasteiger partial charge in [0.25, 0.3) is 10.0 Å². The summed E-state index contributed by atoms with van der Waals surface area (Å²) in [5, 5.41) is 9.29. The summed E-state index contributed by atoms with van der Waals surface area (Å²) in [5.41, 5.74) is 0. The van der Waals surface area contributed by atoms with E-state index in [1.54, 1.807) is 18.5 Å². The Morgan fingerprint density at radius 1 is 1.40 bits per heavy atom. The van der Waals surface area contributed by atoms with Crippen LogP contribution < -0.4 is 0 Å². The molecule has 0 aliphatic heterocycles. The van der Waals surface area contributed by atoms with Crippen molar-refractivity contribution in [1.29, 1.82) is 0 Å². The second-order valence-electron chi connectivity index (χ2n) is 5.37. The number of sulfonamides is 1. The summed E-state index contributed by atoms with van der Waals surface area (Å²) in [5.74, 6) is 0.663. The van der Waals surface area contributed by atoms with Crippen LogP contribution in [-0.2, 0) is 17.1 Å². The van der Waals surface area contributed by atoms with Crippen LogP contribution in [0.4, 0.5) is 0 Å². The summed E-state index contributed by atoms with van der Waals surface area (Å²) < 4.78 is 28.6. The lowest BCUT2D eigenvalue weighted by molar-refractivity contribution is 0.199. The molecule has 0 radical (unpaired) electrons. The van der Waals surface area contributed by atoms with Crippen LogP contribution >= 0.6 is 0 Å². The fourth-order valence-corrected chi connectivity index (χ4v) is 4.44. The number of aliphatic hydroxyl groups excluding tert-OH is 1. The Hall–Kier alpha value is -0.920. The van der Waals surface area contributed by atoms with Crippen molar-refractivity contribution in [1.82, 2.24) is 13.9 Å². The minimum atomic E-state index is -3.62. The molecule has 0 spiro atoms. The standard InChI is InChI=1S/C13H23N3O3S/c1-11-14-13(10-15(11)2)20(18,19)16(8-9-17)12-6-4-3-5-7-12/h10,12,17H,3-9H2,1-2H3. The van der Waals surface area contributed by atoms with Crippen LogP contribution in [0.2, 0.25) is 0 Å². The molecule has 1 aliphatic carbocycles. The van der Waals surface area contributed by atoms with Crippen LogP contribution in [0.25, 0.3) is 0 Å². The number of aryl methyl sites for hydroxylation is 2. The zero-order valence-corrected chi connectivity index (χ0v) is 12.9. The molecule has 0 bridgehead atoms. The Labute approximate surface area is 120 Å². The van der Waals surface area contributed by atoms with Crippen molar-refractivity contribution in [3.63, 3.8) is 0 Å². The van der Waals surface area contributed by atoms with Gasteiger partial charge in [-0.25, -0.2) is 13.4 Å². The van der Waals surface area contributed by atoms with Gasteiger partial charge in [0.1, 0.15) is 5.82 Å². The summed E-state index contributed by atoms with van der Waals surface area (Å²) in [6, 6.07) is -0.0109. The molecule has 0 aromatic carbocycles. The van der Waals surface area contributed by atoms with Crippen LogP contribution in [0.1, 0.15) is 37.9 Å². The van der Waals surface area contributed by atoms with E-state index in [0.717, 1.165) is 32.1 Å². The molecule has 1 aliphatic rings. The molecule has 20 heavy (non-hydrogen) atoms. The molecular formula is C13H23N3O3S. The quantitative estimate of drug-likeness (QED) is 0.882. The van der Waals surface area contributed by atoms with E-state index in [1.807, 2.05) is 0 Å². The molecule has 0 unspecified atom stereocenters. The highest BCUT2D eigenvalue weighted by molar-refractivity contribution is 7.89. The SMILES string of the molecule is Cc1nc(S(=O)(=O)N(CCO)C2CCCCC2)cn1C. The van der Waals surface area contributed by atoms with Gasteiger partial charge in [-0.05, 0) is 19.8 Å². The molecule has 1 fully saturated rings. The number of aromatic nitrogens is 2. The normalized spacial score (nSPS) is 17.8. The Kier molecular flexibility index (Phi) is 4.82. The van der Waals surface area contributed by atoms with E-state index in [1.165, 1.54) is 10.5 Å². The molecule has 2 rings (SSSR count). The smallest absolute Gasteiger partial charge is 0.262 e. The first-order valence-electron chi connectivity index (χ1n) is 7.09. The zero-order valence-electron chi connectivity index (χ0n) is 12.1. The predicted molar refractivity (Wildman–Crippen MR) is 75.8 cm³/mol. The fraction of sp³-hybridized carbons (Fsp3) is 0.769. The maximum atomic E-state index is 12.7. The van der Waals surface area contributed by atoms with Gasteiger partial charge in [0.15, 0.2) is 5.03 Å². The fourth-order valence-electron chi connectivity index (χ4n) is 2.74. The molecule has 114 valence electrons. The number of rotatable bonds is 5. The van der Waals surface area contributed by atoms with Crippen molar-refractivity contribution in [2.45, 2.75) is 50.1 Å². The molecule has 1 aromatic rings. The van der Waals surface area contributed by atoms with Crippen LogP contribution in [0.15, 0.2) is 11.2 Å². The van der Waals surface area contributed by atoms with Gasteiger partial charge < -0.3 is 9.67 Å². The van der Waals surface area contributed by atoms with Crippen LogP contribution in [0.3, 0.4) is 0 Å². The van der Waals surface area contributed by atoms with Gasteiger partial charge in [-0.2, -0.15) is 4.31 Å². The topological polar surface area (TPSA) is 75.4 Å². The molecule has 7 heteroatoms. The maximum absolute atomic E-state index is 12.7. The Bertz CT molecular complexity index is 528. The molecule has 0 amide bonds. The monoisotopic (exact) mass is 301 g/mol.